The number of aromatic nitrogens is 1. The summed E-state index contributed by atoms with van der Waals surface area (Å²) in [4.78, 5) is 34.1. The van der Waals surface area contributed by atoms with Crippen molar-refractivity contribution in [2.75, 3.05) is 5.32 Å². The van der Waals surface area contributed by atoms with Crippen molar-refractivity contribution in [3.8, 4) is 0 Å². The van der Waals surface area contributed by atoms with Crippen LogP contribution < -0.4 is 5.32 Å². The third kappa shape index (κ3) is 6.55. The van der Waals surface area contributed by atoms with E-state index in [1.165, 1.54) is 18.3 Å². The summed E-state index contributed by atoms with van der Waals surface area (Å²) in [5, 5.41) is 19.3. The summed E-state index contributed by atoms with van der Waals surface area (Å²) in [5.41, 5.74) is 1.05. The van der Waals surface area contributed by atoms with Crippen molar-refractivity contribution in [1.82, 2.24) is 4.98 Å². The summed E-state index contributed by atoms with van der Waals surface area (Å²) in [5.74, 6) is -1.99. The van der Waals surface area contributed by atoms with Crippen molar-refractivity contribution < 1.29 is 24.3 Å². The minimum Gasteiger partial charge on any atom is -0.476 e. The summed E-state index contributed by atoms with van der Waals surface area (Å²) >= 11 is 1.24. The smallest absolute Gasteiger partial charge is 0.360 e. The van der Waals surface area contributed by atoms with Crippen molar-refractivity contribution in [3.63, 3.8) is 0 Å². The van der Waals surface area contributed by atoms with Crippen LogP contribution in [0.2, 0.25) is 0 Å². The van der Waals surface area contributed by atoms with Crippen LogP contribution >= 0.6 is 11.3 Å². The highest BCUT2D eigenvalue weighted by Crippen LogP contribution is 2.40. The first-order chi connectivity index (χ1) is 19.1. The Morgan fingerprint density at radius 3 is 1.77 bits per heavy atom. The van der Waals surface area contributed by atoms with Crippen LogP contribution in [0.1, 0.15) is 50.1 Å². The van der Waals surface area contributed by atoms with Gasteiger partial charge in [0, 0.05) is 5.38 Å². The zero-order valence-corrected chi connectivity index (χ0v) is 23.5. The van der Waals surface area contributed by atoms with Gasteiger partial charge >= 0.3 is 11.9 Å². The first kappa shape index (κ1) is 28.5. The molecule has 2 N–H and O–H groups in total. The van der Waals surface area contributed by atoms with E-state index in [1.807, 2.05) is 91.0 Å². The number of esters is 1. The van der Waals surface area contributed by atoms with E-state index in [0.29, 0.717) is 5.13 Å². The van der Waals surface area contributed by atoms with Gasteiger partial charge < -0.3 is 20.0 Å². The molecule has 4 rings (SSSR count). The molecule has 0 saturated carbocycles. The number of carbonyl (C=O) groups excluding carboxylic acids is 1. The second kappa shape index (κ2) is 12.1. The van der Waals surface area contributed by atoms with E-state index in [-0.39, 0.29) is 5.69 Å². The summed E-state index contributed by atoms with van der Waals surface area (Å²) in [7, 11) is 0. The van der Waals surface area contributed by atoms with Gasteiger partial charge in [0.15, 0.2) is 5.13 Å². The number of nitrogens with one attached hydrogen (secondary N) is 1. The molecule has 3 aromatic carbocycles. The minimum atomic E-state index is -1.34. The van der Waals surface area contributed by atoms with E-state index in [4.69, 9.17) is 9.57 Å². The predicted molar refractivity (Wildman–Crippen MR) is 156 cm³/mol. The topological polar surface area (TPSA) is 110 Å². The molecule has 206 valence electrons. The highest BCUT2D eigenvalue weighted by Gasteiger charge is 2.37. The number of benzene rings is 3. The first-order valence-corrected chi connectivity index (χ1v) is 13.6. The lowest BCUT2D eigenvalue weighted by Gasteiger charge is -2.36. The van der Waals surface area contributed by atoms with Crippen LogP contribution in [0.25, 0.3) is 0 Å². The van der Waals surface area contributed by atoms with E-state index < -0.39 is 34.9 Å². The van der Waals surface area contributed by atoms with E-state index in [0.717, 1.165) is 16.7 Å². The van der Waals surface area contributed by atoms with E-state index >= 15 is 0 Å². The molecule has 1 unspecified atom stereocenters. The number of carbonyl (C=O) groups is 2. The van der Waals surface area contributed by atoms with Crippen LogP contribution in [0.5, 0.6) is 0 Å². The number of hydrogen-bond donors (Lipinski definition) is 2. The number of nitrogens with zero attached hydrogens (tertiary/aromatic N) is 2. The molecule has 8 nitrogen and oxygen atoms in total. The quantitative estimate of drug-likeness (QED) is 0.105. The van der Waals surface area contributed by atoms with Crippen molar-refractivity contribution in [2.24, 2.45) is 5.16 Å². The van der Waals surface area contributed by atoms with Gasteiger partial charge in [0.1, 0.15) is 16.8 Å². The Morgan fingerprint density at radius 2 is 1.35 bits per heavy atom. The third-order valence-electron chi connectivity index (χ3n) is 5.91. The molecule has 0 aliphatic carbocycles. The Morgan fingerprint density at radius 1 is 0.875 bits per heavy atom. The van der Waals surface area contributed by atoms with Crippen LogP contribution in [-0.2, 0) is 24.7 Å². The van der Waals surface area contributed by atoms with Gasteiger partial charge in [-0.25, -0.2) is 14.6 Å². The number of hydrogen-bond acceptors (Lipinski definition) is 8. The number of anilines is 1. The third-order valence-corrected chi connectivity index (χ3v) is 6.66. The van der Waals surface area contributed by atoms with Gasteiger partial charge in [-0.1, -0.05) is 96.2 Å². The van der Waals surface area contributed by atoms with Crippen LogP contribution in [0.3, 0.4) is 0 Å². The zero-order valence-electron chi connectivity index (χ0n) is 22.7. The van der Waals surface area contributed by atoms with Gasteiger partial charge in [0.05, 0.1) is 0 Å². The maximum Gasteiger partial charge on any atom is 0.360 e. The van der Waals surface area contributed by atoms with Crippen LogP contribution in [0, 0.1) is 0 Å². The molecule has 4 aromatic rings. The first-order valence-electron chi connectivity index (χ1n) is 12.7. The van der Waals surface area contributed by atoms with Crippen LogP contribution in [0.15, 0.2) is 102 Å². The maximum absolute atomic E-state index is 12.3. The molecule has 9 heteroatoms. The van der Waals surface area contributed by atoms with Crippen molar-refractivity contribution in [1.29, 1.82) is 0 Å². The Labute approximate surface area is 237 Å². The minimum absolute atomic E-state index is 0.0967. The summed E-state index contributed by atoms with van der Waals surface area (Å²) in [6.07, 6.45) is -1.10. The molecule has 40 heavy (non-hydrogen) atoms. The zero-order chi connectivity index (χ0) is 28.8. The van der Waals surface area contributed by atoms with Crippen molar-refractivity contribution >= 4 is 34.1 Å². The predicted octanol–water partition coefficient (Wildman–Crippen LogP) is 6.08. The lowest BCUT2D eigenvalue weighted by molar-refractivity contribution is -0.167. The van der Waals surface area contributed by atoms with Gasteiger partial charge in [-0.15, -0.1) is 11.3 Å². The Hall–Kier alpha value is -4.50. The Bertz CT molecular complexity index is 1370. The fraction of sp³-hybridized carbons (Fsp3) is 0.226. The lowest BCUT2D eigenvalue weighted by Crippen LogP contribution is -2.38. The van der Waals surface area contributed by atoms with E-state index in [9.17, 15) is 14.7 Å². The molecule has 0 bridgehead atoms. The number of thiazole rings is 1. The highest BCUT2D eigenvalue weighted by molar-refractivity contribution is 7.14. The molecule has 1 aromatic heterocycles. The second-order valence-corrected chi connectivity index (χ2v) is 10.9. The number of rotatable bonds is 10. The molecule has 0 spiro atoms. The lowest BCUT2D eigenvalue weighted by atomic mass is 9.77. The second-order valence-electron chi connectivity index (χ2n) is 10.0. The molecule has 0 saturated heterocycles. The van der Waals surface area contributed by atoms with Crippen LogP contribution in [-0.4, -0.2) is 39.4 Å². The van der Waals surface area contributed by atoms with Gasteiger partial charge in [-0.3, -0.25) is 0 Å². The van der Waals surface area contributed by atoms with Gasteiger partial charge in [0.25, 0.3) is 0 Å². The molecule has 0 aliphatic heterocycles. The largest absolute Gasteiger partial charge is 0.476 e. The monoisotopic (exact) mass is 557 g/mol. The average molecular weight is 558 g/mol. The fourth-order valence-corrected chi connectivity index (χ4v) is 4.89. The summed E-state index contributed by atoms with van der Waals surface area (Å²) in [6.45, 7) is 6.63. The molecule has 1 atom stereocenters. The molecule has 1 heterocycles. The average Bonchev–Trinajstić information content (AvgIpc) is 3.40. The Balaban J connectivity index is 1.72. The molecule has 0 amide bonds. The molecular formula is C31H31N3O5S. The number of aliphatic carboxylic acids is 1. The van der Waals surface area contributed by atoms with Gasteiger partial charge in [-0.05, 0) is 44.4 Å². The number of carboxylic acids is 1. The van der Waals surface area contributed by atoms with E-state index in [2.05, 4.69) is 15.5 Å². The summed E-state index contributed by atoms with van der Waals surface area (Å²) < 4.78 is 5.28. The number of ether oxygens (including phenoxy) is 1. The fourth-order valence-electron chi connectivity index (χ4n) is 4.14. The van der Waals surface area contributed by atoms with Gasteiger partial charge in [0.2, 0.25) is 11.8 Å². The van der Waals surface area contributed by atoms with Crippen molar-refractivity contribution in [2.45, 2.75) is 44.9 Å². The Kier molecular flexibility index (Phi) is 8.64. The number of oxime groups is 1. The van der Waals surface area contributed by atoms with Crippen molar-refractivity contribution in [3.05, 3.63) is 119 Å². The van der Waals surface area contributed by atoms with Gasteiger partial charge in [-0.2, -0.15) is 0 Å². The molecule has 0 radical (unpaired) electrons. The normalized spacial score (nSPS) is 12.8. The van der Waals surface area contributed by atoms with Crippen LogP contribution in [0.4, 0.5) is 5.13 Å². The molecular weight excluding hydrogens is 526 g/mol. The number of carboxylic acid groups (broad SMARTS) is 1. The summed E-state index contributed by atoms with van der Waals surface area (Å²) in [6, 6.07) is 30.0. The SMILES string of the molecule is CC(O/N=C(\C(=O)O)c1csc(NC(c2ccccc2)(c2ccccc2)c2ccccc2)n1)C(=O)OC(C)(C)C. The van der Waals surface area contributed by atoms with E-state index in [1.54, 1.807) is 26.2 Å². The molecule has 0 aliphatic rings. The maximum atomic E-state index is 12.3. The highest BCUT2D eigenvalue weighted by atomic mass is 32.1. The standard InChI is InChI=1S/C31H31N3O5S/c1-21(28(37)38-30(2,3)4)39-34-26(27(35)36)25-20-40-29(32-25)33-31(22-14-8-5-9-15-22,23-16-10-6-11-17-23)24-18-12-7-13-19-24/h5-21H,1-4H3,(H,32,33)(H,35,36)/b34-26-. The molecule has 0 fully saturated rings.